The van der Waals surface area contributed by atoms with Crippen LogP contribution in [0.2, 0.25) is 0 Å². The molecule has 30 heavy (non-hydrogen) atoms. The minimum atomic E-state index is -0.394. The first-order valence-corrected chi connectivity index (χ1v) is 10.8. The standard InChI is InChI=1S/C24H29NO5/c1-3-30-21-14-15(10-11-18(21)26)22-23-16(6-4-8-19(23)27)25(12-13-29-2)17-7-5-9-20(28)24(17)22/h10-11,14,22,26H,3-9,12-13H2,1-2H3. The number of ether oxygens (including phenoxy) is 2. The summed E-state index contributed by atoms with van der Waals surface area (Å²) in [7, 11) is 1.67. The molecule has 0 saturated carbocycles. The fourth-order valence-corrected chi connectivity index (χ4v) is 4.98. The molecule has 6 nitrogen and oxygen atoms in total. The molecule has 1 aromatic rings. The molecule has 0 saturated heterocycles. The number of rotatable bonds is 6. The number of methoxy groups -OCH3 is 1. The Morgan fingerprint density at radius 3 is 2.23 bits per heavy atom. The Morgan fingerprint density at radius 2 is 1.67 bits per heavy atom. The van der Waals surface area contributed by atoms with Gasteiger partial charge in [0, 0.05) is 55.0 Å². The summed E-state index contributed by atoms with van der Waals surface area (Å²) in [6, 6.07) is 5.19. The highest BCUT2D eigenvalue weighted by molar-refractivity contribution is 6.06. The van der Waals surface area contributed by atoms with Crippen molar-refractivity contribution in [2.75, 3.05) is 26.9 Å². The molecule has 0 amide bonds. The molecule has 0 unspecified atom stereocenters. The first-order chi connectivity index (χ1) is 14.6. The molecule has 6 heteroatoms. The van der Waals surface area contributed by atoms with Gasteiger partial charge in [0.15, 0.2) is 23.1 Å². The lowest BCUT2D eigenvalue weighted by molar-refractivity contribution is -0.117. The van der Waals surface area contributed by atoms with E-state index in [1.807, 2.05) is 13.0 Å². The molecule has 1 N–H and O–H groups in total. The van der Waals surface area contributed by atoms with Gasteiger partial charge in [-0.1, -0.05) is 6.07 Å². The molecule has 0 radical (unpaired) electrons. The number of ketones is 2. The lowest BCUT2D eigenvalue weighted by Gasteiger charge is -2.44. The van der Waals surface area contributed by atoms with E-state index in [-0.39, 0.29) is 17.3 Å². The Labute approximate surface area is 177 Å². The number of nitrogens with zero attached hydrogens (tertiary/aromatic N) is 1. The second kappa shape index (κ2) is 8.64. The third kappa shape index (κ3) is 3.54. The highest BCUT2D eigenvalue weighted by Crippen LogP contribution is 2.49. The fourth-order valence-electron chi connectivity index (χ4n) is 4.98. The van der Waals surface area contributed by atoms with Crippen molar-refractivity contribution in [3.05, 3.63) is 46.3 Å². The average Bonchev–Trinajstić information content (AvgIpc) is 2.74. The van der Waals surface area contributed by atoms with E-state index in [1.54, 1.807) is 19.2 Å². The molecule has 0 atom stereocenters. The molecule has 1 heterocycles. The fraction of sp³-hybridized carbons (Fsp3) is 0.500. The lowest BCUT2D eigenvalue weighted by atomic mass is 9.71. The summed E-state index contributed by atoms with van der Waals surface area (Å²) in [6.45, 7) is 3.46. The monoisotopic (exact) mass is 411 g/mol. The van der Waals surface area contributed by atoms with Gasteiger partial charge in [-0.05, 0) is 50.3 Å². The summed E-state index contributed by atoms with van der Waals surface area (Å²) in [6.07, 6.45) is 4.29. The number of hydrogen-bond acceptors (Lipinski definition) is 6. The summed E-state index contributed by atoms with van der Waals surface area (Å²) >= 11 is 0. The topological polar surface area (TPSA) is 76.1 Å². The zero-order valence-corrected chi connectivity index (χ0v) is 17.7. The Morgan fingerprint density at radius 1 is 1.03 bits per heavy atom. The van der Waals surface area contributed by atoms with Crippen molar-refractivity contribution in [3.8, 4) is 11.5 Å². The van der Waals surface area contributed by atoms with Crippen molar-refractivity contribution in [3.63, 3.8) is 0 Å². The summed E-state index contributed by atoms with van der Waals surface area (Å²) in [5.74, 6) is 0.271. The molecule has 0 spiro atoms. The number of aromatic hydroxyl groups is 1. The zero-order valence-electron chi connectivity index (χ0n) is 17.7. The molecular weight excluding hydrogens is 382 g/mol. The molecule has 4 rings (SSSR count). The van der Waals surface area contributed by atoms with E-state index < -0.39 is 5.92 Å². The van der Waals surface area contributed by atoms with Gasteiger partial charge in [0.05, 0.1) is 13.2 Å². The van der Waals surface area contributed by atoms with Gasteiger partial charge in [-0.15, -0.1) is 0 Å². The maximum atomic E-state index is 13.2. The highest BCUT2D eigenvalue weighted by atomic mass is 16.5. The van der Waals surface area contributed by atoms with Gasteiger partial charge < -0.3 is 19.5 Å². The Bertz CT molecular complexity index is 886. The maximum absolute atomic E-state index is 13.2. The van der Waals surface area contributed by atoms with Gasteiger partial charge in [0.25, 0.3) is 0 Å². The van der Waals surface area contributed by atoms with Crippen molar-refractivity contribution in [1.29, 1.82) is 0 Å². The largest absolute Gasteiger partial charge is 0.504 e. The molecular formula is C24H29NO5. The Balaban J connectivity index is 1.91. The molecule has 1 aromatic carbocycles. The van der Waals surface area contributed by atoms with Crippen LogP contribution in [-0.4, -0.2) is 48.4 Å². The van der Waals surface area contributed by atoms with Crippen LogP contribution in [0.1, 0.15) is 56.9 Å². The minimum Gasteiger partial charge on any atom is -0.504 e. The van der Waals surface area contributed by atoms with E-state index in [2.05, 4.69) is 4.90 Å². The second-order valence-electron chi connectivity index (χ2n) is 8.01. The summed E-state index contributed by atoms with van der Waals surface area (Å²) < 4.78 is 10.9. The van der Waals surface area contributed by atoms with Crippen molar-refractivity contribution in [1.82, 2.24) is 4.90 Å². The van der Waals surface area contributed by atoms with Crippen LogP contribution in [0, 0.1) is 0 Å². The van der Waals surface area contributed by atoms with Crippen LogP contribution >= 0.6 is 0 Å². The predicted molar refractivity (Wildman–Crippen MR) is 112 cm³/mol. The number of carbonyl (C=O) groups excluding carboxylic acids is 2. The van der Waals surface area contributed by atoms with Crippen molar-refractivity contribution in [2.45, 2.75) is 51.4 Å². The zero-order chi connectivity index (χ0) is 21.3. The van der Waals surface area contributed by atoms with Crippen LogP contribution < -0.4 is 4.74 Å². The van der Waals surface area contributed by atoms with Gasteiger partial charge in [0.1, 0.15) is 0 Å². The first kappa shape index (κ1) is 20.7. The van der Waals surface area contributed by atoms with Gasteiger partial charge in [0.2, 0.25) is 0 Å². The van der Waals surface area contributed by atoms with Crippen LogP contribution in [-0.2, 0) is 14.3 Å². The molecule has 3 aliphatic rings. The smallest absolute Gasteiger partial charge is 0.161 e. The lowest BCUT2D eigenvalue weighted by Crippen LogP contribution is -2.40. The number of phenols is 1. The van der Waals surface area contributed by atoms with Crippen LogP contribution in [0.15, 0.2) is 40.7 Å². The predicted octanol–water partition coefficient (Wildman–Crippen LogP) is 3.85. The number of benzene rings is 1. The van der Waals surface area contributed by atoms with Crippen molar-refractivity contribution < 1.29 is 24.2 Å². The molecule has 2 aliphatic carbocycles. The molecule has 160 valence electrons. The number of Topliss-reactive ketones (excluding diaryl/α,β-unsaturated/α-hetero) is 2. The van der Waals surface area contributed by atoms with Gasteiger partial charge in [-0.2, -0.15) is 0 Å². The van der Waals surface area contributed by atoms with E-state index in [9.17, 15) is 14.7 Å². The third-order valence-electron chi connectivity index (χ3n) is 6.22. The van der Waals surface area contributed by atoms with Gasteiger partial charge in [-0.25, -0.2) is 0 Å². The second-order valence-corrected chi connectivity index (χ2v) is 8.01. The average molecular weight is 411 g/mol. The van der Waals surface area contributed by atoms with Gasteiger partial charge in [-0.3, -0.25) is 9.59 Å². The summed E-state index contributed by atoms with van der Waals surface area (Å²) in [5.41, 5.74) is 4.37. The highest BCUT2D eigenvalue weighted by Gasteiger charge is 2.43. The number of allylic oxidation sites excluding steroid dienone is 4. The van der Waals surface area contributed by atoms with E-state index >= 15 is 0 Å². The minimum absolute atomic E-state index is 0.0616. The first-order valence-electron chi connectivity index (χ1n) is 10.8. The molecule has 1 aliphatic heterocycles. The number of carbonyl (C=O) groups is 2. The van der Waals surface area contributed by atoms with Crippen molar-refractivity contribution in [2.24, 2.45) is 0 Å². The van der Waals surface area contributed by atoms with E-state index in [0.717, 1.165) is 53.8 Å². The quantitative estimate of drug-likeness (QED) is 0.766. The normalized spacial score (nSPS) is 19.9. The van der Waals surface area contributed by atoms with Crippen molar-refractivity contribution >= 4 is 11.6 Å². The summed E-state index contributed by atoms with van der Waals surface area (Å²) in [4.78, 5) is 28.5. The SMILES string of the molecule is CCOc1cc(C2C3=C(CCCC3=O)N(CCOC)C3=C2C(=O)CCC3)ccc1O. The Hall–Kier alpha value is -2.60. The van der Waals surface area contributed by atoms with Crippen LogP contribution in [0.25, 0.3) is 0 Å². The summed E-state index contributed by atoms with van der Waals surface area (Å²) in [5, 5.41) is 10.2. The van der Waals surface area contributed by atoms with Gasteiger partial charge >= 0.3 is 0 Å². The molecule has 0 fully saturated rings. The molecule has 0 aromatic heterocycles. The maximum Gasteiger partial charge on any atom is 0.161 e. The molecule has 0 bridgehead atoms. The van der Waals surface area contributed by atoms with Crippen LogP contribution in [0.5, 0.6) is 11.5 Å². The van der Waals surface area contributed by atoms with E-state index in [0.29, 0.717) is 38.3 Å². The van der Waals surface area contributed by atoms with E-state index in [4.69, 9.17) is 9.47 Å². The number of phenolic OH excluding ortho intramolecular Hbond substituents is 1. The Kier molecular flexibility index (Phi) is 5.95. The number of hydrogen-bond donors (Lipinski definition) is 1. The van der Waals surface area contributed by atoms with E-state index in [1.165, 1.54) is 0 Å². The van der Waals surface area contributed by atoms with Crippen LogP contribution in [0.3, 0.4) is 0 Å². The van der Waals surface area contributed by atoms with Crippen LogP contribution in [0.4, 0.5) is 0 Å². The third-order valence-corrected chi connectivity index (χ3v) is 6.22.